The number of hydrogen-bond donors (Lipinski definition) is 0. The molecular formula is C20H24N2O2. The van der Waals surface area contributed by atoms with Crippen molar-refractivity contribution < 1.29 is 9.53 Å². The van der Waals surface area contributed by atoms with Crippen LogP contribution in [-0.2, 0) is 16.1 Å². The topological polar surface area (TPSA) is 32.8 Å². The number of morpholine rings is 1. The van der Waals surface area contributed by atoms with Gasteiger partial charge in [0, 0.05) is 18.8 Å². The van der Waals surface area contributed by atoms with Gasteiger partial charge in [0.05, 0.1) is 26.3 Å². The molecule has 24 heavy (non-hydrogen) atoms. The minimum atomic E-state index is 0.129. The third-order valence-electron chi connectivity index (χ3n) is 4.29. The van der Waals surface area contributed by atoms with Crippen molar-refractivity contribution in [2.75, 3.05) is 37.7 Å². The Balaban J connectivity index is 1.77. The number of rotatable bonds is 5. The van der Waals surface area contributed by atoms with E-state index >= 15 is 0 Å². The number of benzene rings is 2. The van der Waals surface area contributed by atoms with Gasteiger partial charge in [0.2, 0.25) is 5.91 Å². The van der Waals surface area contributed by atoms with Crippen molar-refractivity contribution in [1.29, 1.82) is 0 Å². The Bertz CT molecular complexity index is 649. The molecule has 0 bridgehead atoms. The number of aryl methyl sites for hydroxylation is 1. The highest BCUT2D eigenvalue weighted by atomic mass is 16.5. The molecule has 1 heterocycles. The Kier molecular flexibility index (Phi) is 5.62. The fraction of sp³-hybridized carbons (Fsp3) is 0.350. The molecule has 0 radical (unpaired) electrons. The molecule has 0 N–H and O–H groups in total. The van der Waals surface area contributed by atoms with Gasteiger partial charge in [-0.05, 0) is 24.6 Å². The number of anilines is 1. The average Bonchev–Trinajstić information content (AvgIpc) is 2.62. The fourth-order valence-electron chi connectivity index (χ4n) is 2.85. The van der Waals surface area contributed by atoms with Gasteiger partial charge in [-0.25, -0.2) is 0 Å². The van der Waals surface area contributed by atoms with E-state index in [0.29, 0.717) is 26.3 Å². The molecule has 0 aliphatic carbocycles. The Morgan fingerprint density at radius 1 is 1.04 bits per heavy atom. The fourth-order valence-corrected chi connectivity index (χ4v) is 2.85. The van der Waals surface area contributed by atoms with Crippen LogP contribution >= 0.6 is 0 Å². The van der Waals surface area contributed by atoms with E-state index in [1.54, 1.807) is 0 Å². The lowest BCUT2D eigenvalue weighted by molar-refractivity contribution is -0.120. The van der Waals surface area contributed by atoms with Crippen molar-refractivity contribution >= 4 is 11.6 Å². The zero-order chi connectivity index (χ0) is 16.8. The SMILES string of the molecule is Cc1ccc(N(Cc2ccccc2)C(=O)CN2CCOCC2)cc1. The first-order valence-corrected chi connectivity index (χ1v) is 8.43. The maximum Gasteiger partial charge on any atom is 0.241 e. The van der Waals surface area contributed by atoms with Crippen molar-refractivity contribution in [3.8, 4) is 0 Å². The Morgan fingerprint density at radius 3 is 2.38 bits per heavy atom. The number of carbonyl (C=O) groups is 1. The second-order valence-corrected chi connectivity index (χ2v) is 6.19. The maximum atomic E-state index is 12.9. The highest BCUT2D eigenvalue weighted by Gasteiger charge is 2.20. The molecule has 0 saturated carbocycles. The van der Waals surface area contributed by atoms with Gasteiger partial charge in [-0.2, -0.15) is 0 Å². The molecular weight excluding hydrogens is 300 g/mol. The third kappa shape index (κ3) is 4.43. The third-order valence-corrected chi connectivity index (χ3v) is 4.29. The van der Waals surface area contributed by atoms with Gasteiger partial charge < -0.3 is 9.64 Å². The largest absolute Gasteiger partial charge is 0.379 e. The Hall–Kier alpha value is -2.17. The summed E-state index contributed by atoms with van der Waals surface area (Å²) >= 11 is 0. The van der Waals surface area contributed by atoms with Gasteiger partial charge >= 0.3 is 0 Å². The average molecular weight is 324 g/mol. The summed E-state index contributed by atoms with van der Waals surface area (Å²) < 4.78 is 5.37. The van der Waals surface area contributed by atoms with Crippen LogP contribution in [0.25, 0.3) is 0 Å². The normalized spacial score (nSPS) is 15.2. The Morgan fingerprint density at radius 2 is 1.71 bits per heavy atom. The van der Waals surface area contributed by atoms with Crippen LogP contribution in [0.4, 0.5) is 5.69 Å². The highest BCUT2D eigenvalue weighted by molar-refractivity contribution is 5.94. The summed E-state index contributed by atoms with van der Waals surface area (Å²) in [4.78, 5) is 17.0. The molecule has 1 aliphatic rings. The minimum Gasteiger partial charge on any atom is -0.379 e. The predicted octanol–water partition coefficient (Wildman–Crippen LogP) is 2.86. The molecule has 2 aromatic rings. The van der Waals surface area contributed by atoms with E-state index in [0.717, 1.165) is 24.3 Å². The summed E-state index contributed by atoms with van der Waals surface area (Å²) in [7, 11) is 0. The first-order chi connectivity index (χ1) is 11.7. The van der Waals surface area contributed by atoms with Crippen molar-refractivity contribution in [2.45, 2.75) is 13.5 Å². The number of ether oxygens (including phenoxy) is 1. The summed E-state index contributed by atoms with van der Waals surface area (Å²) in [6.07, 6.45) is 0. The van der Waals surface area contributed by atoms with Crippen LogP contribution in [0.2, 0.25) is 0 Å². The quantitative estimate of drug-likeness (QED) is 0.848. The van der Waals surface area contributed by atoms with Crippen molar-refractivity contribution in [1.82, 2.24) is 4.90 Å². The Labute approximate surface area is 143 Å². The summed E-state index contributed by atoms with van der Waals surface area (Å²) in [5.41, 5.74) is 3.27. The zero-order valence-electron chi connectivity index (χ0n) is 14.1. The standard InChI is InChI=1S/C20H24N2O2/c1-17-7-9-19(10-8-17)22(15-18-5-3-2-4-6-18)20(23)16-21-11-13-24-14-12-21/h2-10H,11-16H2,1H3. The molecule has 1 amide bonds. The van der Waals surface area contributed by atoms with Crippen LogP contribution in [-0.4, -0.2) is 43.7 Å². The van der Waals surface area contributed by atoms with E-state index in [1.165, 1.54) is 5.56 Å². The van der Waals surface area contributed by atoms with E-state index in [4.69, 9.17) is 4.74 Å². The minimum absolute atomic E-state index is 0.129. The maximum absolute atomic E-state index is 12.9. The molecule has 2 aromatic carbocycles. The van der Waals surface area contributed by atoms with E-state index in [-0.39, 0.29) is 5.91 Å². The molecule has 4 heteroatoms. The zero-order valence-corrected chi connectivity index (χ0v) is 14.1. The van der Waals surface area contributed by atoms with Crippen molar-refractivity contribution in [2.24, 2.45) is 0 Å². The number of hydrogen-bond acceptors (Lipinski definition) is 3. The molecule has 3 rings (SSSR count). The number of carbonyl (C=O) groups excluding carboxylic acids is 1. The van der Waals surface area contributed by atoms with Crippen LogP contribution in [0, 0.1) is 6.92 Å². The lowest BCUT2D eigenvalue weighted by atomic mass is 10.1. The molecule has 0 aromatic heterocycles. The van der Waals surface area contributed by atoms with Gasteiger partial charge in [0.1, 0.15) is 0 Å². The first-order valence-electron chi connectivity index (χ1n) is 8.43. The van der Waals surface area contributed by atoms with Gasteiger partial charge in [0.25, 0.3) is 0 Å². The van der Waals surface area contributed by atoms with E-state index < -0.39 is 0 Å². The summed E-state index contributed by atoms with van der Waals surface area (Å²) in [6, 6.07) is 18.3. The summed E-state index contributed by atoms with van der Waals surface area (Å²) in [6.45, 7) is 6.13. The second-order valence-electron chi connectivity index (χ2n) is 6.19. The van der Waals surface area contributed by atoms with Crippen LogP contribution < -0.4 is 4.90 Å². The number of nitrogens with zero attached hydrogens (tertiary/aromatic N) is 2. The van der Waals surface area contributed by atoms with Crippen LogP contribution in [0.1, 0.15) is 11.1 Å². The monoisotopic (exact) mass is 324 g/mol. The van der Waals surface area contributed by atoms with E-state index in [2.05, 4.69) is 36.1 Å². The van der Waals surface area contributed by atoms with E-state index in [1.807, 2.05) is 35.2 Å². The van der Waals surface area contributed by atoms with Crippen molar-refractivity contribution in [3.63, 3.8) is 0 Å². The molecule has 1 fully saturated rings. The predicted molar refractivity (Wildman–Crippen MR) is 96.1 cm³/mol. The van der Waals surface area contributed by atoms with Gasteiger partial charge in [-0.3, -0.25) is 9.69 Å². The molecule has 0 spiro atoms. The van der Waals surface area contributed by atoms with Crippen LogP contribution in [0.15, 0.2) is 54.6 Å². The number of amides is 1. The molecule has 0 unspecified atom stereocenters. The second kappa shape index (κ2) is 8.08. The molecule has 126 valence electrons. The molecule has 1 saturated heterocycles. The smallest absolute Gasteiger partial charge is 0.241 e. The lowest BCUT2D eigenvalue weighted by Crippen LogP contribution is -2.44. The molecule has 0 atom stereocenters. The van der Waals surface area contributed by atoms with Crippen LogP contribution in [0.3, 0.4) is 0 Å². The van der Waals surface area contributed by atoms with Crippen molar-refractivity contribution in [3.05, 3.63) is 65.7 Å². The highest BCUT2D eigenvalue weighted by Crippen LogP contribution is 2.19. The molecule has 4 nitrogen and oxygen atoms in total. The lowest BCUT2D eigenvalue weighted by Gasteiger charge is -2.30. The van der Waals surface area contributed by atoms with Gasteiger partial charge in [-0.1, -0.05) is 48.0 Å². The summed E-state index contributed by atoms with van der Waals surface area (Å²) in [5.74, 6) is 0.129. The van der Waals surface area contributed by atoms with Crippen LogP contribution in [0.5, 0.6) is 0 Å². The van der Waals surface area contributed by atoms with Gasteiger partial charge in [-0.15, -0.1) is 0 Å². The summed E-state index contributed by atoms with van der Waals surface area (Å²) in [5, 5.41) is 0. The first kappa shape index (κ1) is 16.7. The molecule has 1 aliphatic heterocycles. The van der Waals surface area contributed by atoms with Gasteiger partial charge in [0.15, 0.2) is 0 Å². The van der Waals surface area contributed by atoms with E-state index in [9.17, 15) is 4.79 Å².